The minimum absolute atomic E-state index is 0.0322. The van der Waals surface area contributed by atoms with E-state index in [1.807, 2.05) is 12.1 Å². The Morgan fingerprint density at radius 2 is 2.26 bits per heavy atom. The molecule has 2 atom stereocenters. The van der Waals surface area contributed by atoms with Crippen LogP contribution in [0.1, 0.15) is 5.56 Å². The Bertz CT molecular complexity index is 624. The standard InChI is InChI=1S/C16H18ClNO4S/c1-21-16(20)14-8-18(4-5-23-14)15(19)11-6-10-7-12(17)2-3-13(10)22-9-11/h2-3,7,11,14H,4-6,8-9H2,1H3/t11-,14-/m0/s1. The second-order valence-corrected chi connectivity index (χ2v) is 7.38. The van der Waals surface area contributed by atoms with E-state index in [9.17, 15) is 9.59 Å². The monoisotopic (exact) mass is 355 g/mol. The van der Waals surface area contributed by atoms with Gasteiger partial charge < -0.3 is 14.4 Å². The van der Waals surface area contributed by atoms with E-state index >= 15 is 0 Å². The number of carbonyl (C=O) groups excluding carboxylic acids is 2. The predicted octanol–water partition coefficient (Wildman–Crippen LogP) is 2.01. The number of benzene rings is 1. The van der Waals surface area contributed by atoms with E-state index in [2.05, 4.69) is 0 Å². The Morgan fingerprint density at radius 3 is 3.04 bits per heavy atom. The number of fused-ring (bicyclic) bond motifs is 1. The molecule has 1 aromatic rings. The Kier molecular flexibility index (Phi) is 5.02. The zero-order valence-electron chi connectivity index (χ0n) is 12.8. The number of halogens is 1. The van der Waals surface area contributed by atoms with Crippen molar-refractivity contribution >= 4 is 35.2 Å². The third-order valence-corrected chi connectivity index (χ3v) is 5.52. The van der Waals surface area contributed by atoms with Crippen LogP contribution in [0.15, 0.2) is 18.2 Å². The highest BCUT2D eigenvalue weighted by molar-refractivity contribution is 8.00. The fraction of sp³-hybridized carbons (Fsp3) is 0.500. The molecule has 124 valence electrons. The predicted molar refractivity (Wildman–Crippen MR) is 89.0 cm³/mol. The summed E-state index contributed by atoms with van der Waals surface area (Å²) in [6.45, 7) is 1.41. The maximum atomic E-state index is 12.8. The summed E-state index contributed by atoms with van der Waals surface area (Å²) in [6, 6.07) is 5.47. The second-order valence-electron chi connectivity index (χ2n) is 5.63. The highest BCUT2D eigenvalue weighted by Gasteiger charge is 2.34. The molecule has 2 heterocycles. The maximum Gasteiger partial charge on any atom is 0.320 e. The molecule has 1 amide bonds. The molecule has 0 aliphatic carbocycles. The lowest BCUT2D eigenvalue weighted by Gasteiger charge is -2.34. The third-order valence-electron chi connectivity index (χ3n) is 4.12. The van der Waals surface area contributed by atoms with Crippen molar-refractivity contribution in [3.63, 3.8) is 0 Å². The van der Waals surface area contributed by atoms with Crippen LogP contribution in [0.3, 0.4) is 0 Å². The van der Waals surface area contributed by atoms with Crippen molar-refractivity contribution in [1.29, 1.82) is 0 Å². The summed E-state index contributed by atoms with van der Waals surface area (Å²) < 4.78 is 10.5. The van der Waals surface area contributed by atoms with Gasteiger partial charge in [-0.25, -0.2) is 0 Å². The topological polar surface area (TPSA) is 55.8 Å². The van der Waals surface area contributed by atoms with Gasteiger partial charge >= 0.3 is 5.97 Å². The number of rotatable bonds is 2. The lowest BCUT2D eigenvalue weighted by atomic mass is 9.95. The van der Waals surface area contributed by atoms with Gasteiger partial charge in [0, 0.05) is 23.9 Å². The molecule has 1 aromatic carbocycles. The van der Waals surface area contributed by atoms with Gasteiger partial charge in [0.2, 0.25) is 5.91 Å². The molecule has 23 heavy (non-hydrogen) atoms. The molecule has 2 aliphatic rings. The van der Waals surface area contributed by atoms with Gasteiger partial charge in [0.25, 0.3) is 0 Å². The number of hydrogen-bond donors (Lipinski definition) is 0. The molecule has 1 saturated heterocycles. The third kappa shape index (κ3) is 3.58. The maximum absolute atomic E-state index is 12.8. The molecule has 1 fully saturated rings. The van der Waals surface area contributed by atoms with Crippen molar-refractivity contribution in [1.82, 2.24) is 4.90 Å². The SMILES string of the molecule is COC(=O)[C@@H]1CN(C(=O)[C@@H]2COc3ccc(Cl)cc3C2)CCS1. The van der Waals surface area contributed by atoms with E-state index in [1.54, 1.807) is 11.0 Å². The molecule has 2 aliphatic heterocycles. The van der Waals surface area contributed by atoms with Crippen molar-refractivity contribution in [2.24, 2.45) is 5.92 Å². The van der Waals surface area contributed by atoms with Crippen molar-refractivity contribution in [2.75, 3.05) is 32.6 Å². The van der Waals surface area contributed by atoms with E-state index in [1.165, 1.54) is 18.9 Å². The first-order valence-electron chi connectivity index (χ1n) is 7.48. The molecule has 0 aromatic heterocycles. The first-order chi connectivity index (χ1) is 11.1. The normalized spacial score (nSPS) is 23.7. The number of thioether (sulfide) groups is 1. The lowest BCUT2D eigenvalue weighted by molar-refractivity contribution is -0.142. The summed E-state index contributed by atoms with van der Waals surface area (Å²) in [5, 5.41) is 0.338. The molecule has 0 spiro atoms. The van der Waals surface area contributed by atoms with E-state index < -0.39 is 0 Å². The van der Waals surface area contributed by atoms with E-state index in [0.29, 0.717) is 31.1 Å². The van der Waals surface area contributed by atoms with Crippen molar-refractivity contribution in [3.8, 4) is 5.75 Å². The Balaban J connectivity index is 1.68. The highest BCUT2D eigenvalue weighted by Crippen LogP contribution is 2.31. The molecule has 5 nitrogen and oxygen atoms in total. The van der Waals surface area contributed by atoms with Crippen molar-refractivity contribution in [3.05, 3.63) is 28.8 Å². The van der Waals surface area contributed by atoms with Gasteiger partial charge in [0.15, 0.2) is 0 Å². The number of ether oxygens (including phenoxy) is 2. The minimum atomic E-state index is -0.302. The average molecular weight is 356 g/mol. The number of methoxy groups -OCH3 is 1. The number of esters is 1. The lowest BCUT2D eigenvalue weighted by Crippen LogP contribution is -2.48. The summed E-state index contributed by atoms with van der Waals surface area (Å²) in [5.41, 5.74) is 0.956. The number of nitrogens with zero attached hydrogens (tertiary/aromatic N) is 1. The van der Waals surface area contributed by atoms with Gasteiger partial charge in [-0.2, -0.15) is 0 Å². The van der Waals surface area contributed by atoms with Crippen LogP contribution in [-0.4, -0.2) is 54.6 Å². The Hall–Kier alpha value is -1.40. The van der Waals surface area contributed by atoms with Gasteiger partial charge in [-0.15, -0.1) is 11.8 Å². The molecular formula is C16H18ClNO4S. The zero-order chi connectivity index (χ0) is 16.4. The molecule has 0 bridgehead atoms. The minimum Gasteiger partial charge on any atom is -0.492 e. The van der Waals surface area contributed by atoms with Gasteiger partial charge in [0.05, 0.1) is 13.0 Å². The molecule has 7 heteroatoms. The fourth-order valence-corrected chi connectivity index (χ4v) is 4.23. The fourth-order valence-electron chi connectivity index (χ4n) is 2.90. The molecule has 3 rings (SSSR count). The van der Waals surface area contributed by atoms with E-state index in [-0.39, 0.29) is 23.0 Å². The van der Waals surface area contributed by atoms with Gasteiger partial charge in [-0.3, -0.25) is 9.59 Å². The summed E-state index contributed by atoms with van der Waals surface area (Å²) in [4.78, 5) is 26.2. The summed E-state index contributed by atoms with van der Waals surface area (Å²) >= 11 is 7.55. The first kappa shape index (κ1) is 16.5. The van der Waals surface area contributed by atoms with Crippen LogP contribution in [0.25, 0.3) is 0 Å². The van der Waals surface area contributed by atoms with Crippen molar-refractivity contribution in [2.45, 2.75) is 11.7 Å². The highest BCUT2D eigenvalue weighted by atomic mass is 35.5. The largest absolute Gasteiger partial charge is 0.492 e. The Morgan fingerprint density at radius 1 is 1.43 bits per heavy atom. The number of carbonyl (C=O) groups is 2. The number of hydrogen-bond acceptors (Lipinski definition) is 5. The molecular weight excluding hydrogens is 338 g/mol. The van der Waals surface area contributed by atoms with E-state index in [0.717, 1.165) is 17.1 Å². The van der Waals surface area contributed by atoms with Gasteiger partial charge in [-0.05, 0) is 30.2 Å². The van der Waals surface area contributed by atoms with Crippen LogP contribution >= 0.6 is 23.4 Å². The van der Waals surface area contributed by atoms with Gasteiger partial charge in [-0.1, -0.05) is 11.6 Å². The second kappa shape index (κ2) is 7.01. The Labute approximate surface area is 144 Å². The number of amides is 1. The van der Waals surface area contributed by atoms with Crippen LogP contribution in [0.4, 0.5) is 0 Å². The molecule has 0 radical (unpaired) electrons. The summed E-state index contributed by atoms with van der Waals surface area (Å²) in [6.07, 6.45) is 0.612. The van der Waals surface area contributed by atoms with Crippen molar-refractivity contribution < 1.29 is 19.1 Å². The summed E-state index contributed by atoms with van der Waals surface area (Å²) in [5.74, 6) is 1.05. The molecule has 0 saturated carbocycles. The van der Waals surface area contributed by atoms with E-state index in [4.69, 9.17) is 21.1 Å². The first-order valence-corrected chi connectivity index (χ1v) is 8.90. The zero-order valence-corrected chi connectivity index (χ0v) is 14.4. The van der Waals surface area contributed by atoms with Crippen LogP contribution in [0.2, 0.25) is 5.02 Å². The molecule has 0 unspecified atom stereocenters. The van der Waals surface area contributed by atoms with Crippen LogP contribution in [-0.2, 0) is 20.7 Å². The van der Waals surface area contributed by atoms with Crippen LogP contribution in [0.5, 0.6) is 5.75 Å². The van der Waals surface area contributed by atoms with Gasteiger partial charge in [0.1, 0.15) is 17.6 Å². The molecule has 0 N–H and O–H groups in total. The quantitative estimate of drug-likeness (QED) is 0.759. The smallest absolute Gasteiger partial charge is 0.320 e. The van der Waals surface area contributed by atoms with Crippen LogP contribution in [0, 0.1) is 5.92 Å². The van der Waals surface area contributed by atoms with Crippen LogP contribution < -0.4 is 4.74 Å². The summed E-state index contributed by atoms with van der Waals surface area (Å²) in [7, 11) is 1.37. The average Bonchev–Trinajstić information content (AvgIpc) is 2.59.